The number of hydrogen-bond acceptors (Lipinski definition) is 2. The molecule has 4 heteroatoms. The highest BCUT2D eigenvalue weighted by Gasteiger charge is 2.05. The molecule has 1 aromatic heterocycles. The fourth-order valence-corrected chi connectivity index (χ4v) is 1.90. The Hall–Kier alpha value is -0.930. The van der Waals surface area contributed by atoms with Crippen LogP contribution in [0.1, 0.15) is 11.3 Å². The van der Waals surface area contributed by atoms with Crippen LogP contribution in [0.2, 0.25) is 5.02 Å². The molecule has 0 aliphatic heterocycles. The number of benzene rings is 1. The van der Waals surface area contributed by atoms with E-state index in [0.29, 0.717) is 11.4 Å². The van der Waals surface area contributed by atoms with Gasteiger partial charge in [0, 0.05) is 17.1 Å². The van der Waals surface area contributed by atoms with E-state index < -0.39 is 0 Å². The lowest BCUT2D eigenvalue weighted by Gasteiger charge is -2.03. The highest BCUT2D eigenvalue weighted by atomic mass is 79.9. The van der Waals surface area contributed by atoms with Gasteiger partial charge in [0.25, 0.3) is 0 Å². The Morgan fingerprint density at radius 2 is 2.07 bits per heavy atom. The van der Waals surface area contributed by atoms with Crippen molar-refractivity contribution in [3.05, 3.63) is 51.3 Å². The van der Waals surface area contributed by atoms with Crippen LogP contribution in [-0.4, -0.2) is 0 Å². The smallest absolute Gasteiger partial charge is 0.169 e. The fourth-order valence-electron chi connectivity index (χ4n) is 1.36. The van der Waals surface area contributed by atoms with Crippen LogP contribution in [0.5, 0.6) is 0 Å². The molecule has 0 radical (unpaired) electrons. The Bertz CT molecular complexity index is 481. The van der Waals surface area contributed by atoms with E-state index in [9.17, 15) is 0 Å². The van der Waals surface area contributed by atoms with Crippen molar-refractivity contribution < 1.29 is 4.42 Å². The van der Waals surface area contributed by atoms with E-state index in [1.54, 1.807) is 12.1 Å². The average molecular weight is 287 g/mol. The zero-order chi connectivity index (χ0) is 10.8. The Morgan fingerprint density at radius 3 is 2.73 bits per heavy atom. The molecule has 0 saturated carbocycles. The number of nitrogen functional groups attached to an aromatic ring is 1. The number of nitrogens with two attached hydrogens (primary N) is 1. The first kappa shape index (κ1) is 10.6. The third-order valence-corrected chi connectivity index (χ3v) is 2.76. The van der Waals surface area contributed by atoms with E-state index in [4.69, 9.17) is 21.8 Å². The highest BCUT2D eigenvalue weighted by Crippen LogP contribution is 2.23. The van der Waals surface area contributed by atoms with Gasteiger partial charge in [-0.15, -0.1) is 0 Å². The predicted octanol–water partition coefficient (Wildman–Crippen LogP) is 3.87. The van der Waals surface area contributed by atoms with Gasteiger partial charge in [0.1, 0.15) is 5.76 Å². The monoisotopic (exact) mass is 285 g/mol. The third kappa shape index (κ3) is 2.55. The molecular formula is C11H9BrClNO. The third-order valence-electron chi connectivity index (χ3n) is 2.10. The van der Waals surface area contributed by atoms with Crippen molar-refractivity contribution in [2.24, 2.45) is 0 Å². The van der Waals surface area contributed by atoms with Gasteiger partial charge in [-0.25, -0.2) is 0 Å². The zero-order valence-electron chi connectivity index (χ0n) is 7.84. The Morgan fingerprint density at radius 1 is 1.27 bits per heavy atom. The summed E-state index contributed by atoms with van der Waals surface area (Å²) in [6, 6.07) is 9.20. The van der Waals surface area contributed by atoms with Crippen molar-refractivity contribution in [3.8, 4) is 0 Å². The van der Waals surface area contributed by atoms with Gasteiger partial charge >= 0.3 is 0 Å². The second-order valence-electron chi connectivity index (χ2n) is 3.23. The minimum atomic E-state index is 0.651. The maximum Gasteiger partial charge on any atom is 0.169 e. The standard InChI is InChI=1S/C11H9BrClNO/c12-11-4-2-9(15-11)6-7-5-8(13)1-3-10(7)14/h1-5H,6,14H2. The molecule has 2 nitrogen and oxygen atoms in total. The van der Waals surface area contributed by atoms with Crippen LogP contribution in [0, 0.1) is 0 Å². The van der Waals surface area contributed by atoms with Crippen LogP contribution in [0.25, 0.3) is 0 Å². The molecule has 1 aromatic carbocycles. The molecule has 2 aromatic rings. The molecule has 15 heavy (non-hydrogen) atoms. The maximum atomic E-state index is 5.89. The largest absolute Gasteiger partial charge is 0.454 e. The molecule has 0 atom stereocenters. The summed E-state index contributed by atoms with van der Waals surface area (Å²) in [5.74, 6) is 0.857. The predicted molar refractivity (Wildman–Crippen MR) is 65.1 cm³/mol. The summed E-state index contributed by atoms with van der Waals surface area (Å²) in [5, 5.41) is 0.685. The first-order valence-electron chi connectivity index (χ1n) is 4.43. The van der Waals surface area contributed by atoms with Gasteiger partial charge in [-0.3, -0.25) is 0 Å². The van der Waals surface area contributed by atoms with Crippen LogP contribution in [0.4, 0.5) is 5.69 Å². The quantitative estimate of drug-likeness (QED) is 0.851. The van der Waals surface area contributed by atoms with E-state index in [1.165, 1.54) is 0 Å². The van der Waals surface area contributed by atoms with Gasteiger partial charge in [0.2, 0.25) is 0 Å². The van der Waals surface area contributed by atoms with Crippen LogP contribution in [-0.2, 0) is 6.42 Å². The lowest BCUT2D eigenvalue weighted by Crippen LogP contribution is -1.94. The number of furan rings is 1. The molecule has 0 fully saturated rings. The van der Waals surface area contributed by atoms with Crippen LogP contribution < -0.4 is 5.73 Å². The summed E-state index contributed by atoms with van der Waals surface area (Å²) >= 11 is 9.15. The van der Waals surface area contributed by atoms with Crippen LogP contribution >= 0.6 is 27.5 Å². The van der Waals surface area contributed by atoms with E-state index >= 15 is 0 Å². The minimum absolute atomic E-state index is 0.651. The molecule has 0 aliphatic carbocycles. The van der Waals surface area contributed by atoms with Gasteiger partial charge in [-0.05, 0) is 51.8 Å². The molecule has 0 unspecified atom stereocenters. The highest BCUT2D eigenvalue weighted by molar-refractivity contribution is 9.10. The van der Waals surface area contributed by atoms with E-state index in [-0.39, 0.29) is 0 Å². The summed E-state index contributed by atoms with van der Waals surface area (Å²) in [6.07, 6.45) is 0.651. The van der Waals surface area contributed by atoms with Gasteiger partial charge in [0.05, 0.1) is 0 Å². The molecule has 2 N–H and O–H groups in total. The van der Waals surface area contributed by atoms with Crippen molar-refractivity contribution in [3.63, 3.8) is 0 Å². The van der Waals surface area contributed by atoms with Gasteiger partial charge in [0.15, 0.2) is 4.67 Å². The van der Waals surface area contributed by atoms with E-state index in [0.717, 1.165) is 21.7 Å². The van der Waals surface area contributed by atoms with Crippen molar-refractivity contribution in [2.45, 2.75) is 6.42 Å². The lowest BCUT2D eigenvalue weighted by molar-refractivity contribution is 0.498. The Kier molecular flexibility index (Phi) is 3.03. The Labute approximate surface area is 101 Å². The lowest BCUT2D eigenvalue weighted by atomic mass is 10.1. The summed E-state index contributed by atoms with van der Waals surface area (Å²) in [4.78, 5) is 0. The van der Waals surface area contributed by atoms with Gasteiger partial charge < -0.3 is 10.2 Å². The SMILES string of the molecule is Nc1ccc(Cl)cc1Cc1ccc(Br)o1. The molecule has 0 amide bonds. The second kappa shape index (κ2) is 4.29. The van der Waals surface area contributed by atoms with Crippen molar-refractivity contribution in [2.75, 3.05) is 5.73 Å². The molecule has 0 bridgehead atoms. The first-order chi connectivity index (χ1) is 7.15. The number of rotatable bonds is 2. The number of hydrogen-bond donors (Lipinski definition) is 1. The van der Waals surface area contributed by atoms with Crippen molar-refractivity contribution in [1.29, 1.82) is 0 Å². The topological polar surface area (TPSA) is 39.2 Å². The van der Waals surface area contributed by atoms with Crippen molar-refractivity contribution in [1.82, 2.24) is 0 Å². The number of halogens is 2. The summed E-state index contributed by atoms with van der Waals surface area (Å²) < 4.78 is 6.12. The Balaban J connectivity index is 2.27. The summed E-state index contributed by atoms with van der Waals surface area (Å²) in [6.45, 7) is 0. The molecule has 78 valence electrons. The van der Waals surface area contributed by atoms with Gasteiger partial charge in [-0.2, -0.15) is 0 Å². The summed E-state index contributed by atoms with van der Waals surface area (Å²) in [7, 11) is 0. The minimum Gasteiger partial charge on any atom is -0.454 e. The van der Waals surface area contributed by atoms with Crippen LogP contribution in [0.3, 0.4) is 0 Å². The molecule has 0 spiro atoms. The molecule has 0 saturated heterocycles. The molecule has 2 rings (SSSR count). The van der Waals surface area contributed by atoms with E-state index in [1.807, 2.05) is 18.2 Å². The first-order valence-corrected chi connectivity index (χ1v) is 5.60. The molecule has 0 aliphatic rings. The normalized spacial score (nSPS) is 10.5. The summed E-state index contributed by atoms with van der Waals surface area (Å²) in [5.41, 5.74) is 7.54. The molecule has 1 heterocycles. The maximum absolute atomic E-state index is 5.89. The van der Waals surface area contributed by atoms with Gasteiger partial charge in [-0.1, -0.05) is 11.6 Å². The van der Waals surface area contributed by atoms with Crippen LogP contribution in [0.15, 0.2) is 39.4 Å². The number of anilines is 1. The fraction of sp³-hybridized carbons (Fsp3) is 0.0909. The zero-order valence-corrected chi connectivity index (χ0v) is 10.2. The second-order valence-corrected chi connectivity index (χ2v) is 4.44. The average Bonchev–Trinajstić information content (AvgIpc) is 2.58. The van der Waals surface area contributed by atoms with E-state index in [2.05, 4.69) is 15.9 Å². The van der Waals surface area contributed by atoms with Crippen molar-refractivity contribution >= 4 is 33.2 Å². The molecular weight excluding hydrogens is 277 g/mol.